The Labute approximate surface area is 200 Å². The Kier molecular flexibility index (Phi) is 5.00. The molecule has 3 aliphatic heterocycles. The molecule has 0 radical (unpaired) electrons. The van der Waals surface area contributed by atoms with E-state index in [-0.39, 0.29) is 6.04 Å². The van der Waals surface area contributed by atoms with E-state index in [0.29, 0.717) is 25.9 Å². The first kappa shape index (κ1) is 21.4. The molecule has 0 amide bonds. The maximum absolute atomic E-state index is 12.1. The van der Waals surface area contributed by atoms with Crippen LogP contribution in [0.4, 0.5) is 0 Å². The minimum Gasteiger partial charge on any atom is -0.466 e. The van der Waals surface area contributed by atoms with E-state index in [2.05, 4.69) is 47.5 Å². The molecule has 1 spiro atoms. The first-order valence-corrected chi connectivity index (χ1v) is 13.5. The average molecular weight is 474 g/mol. The van der Waals surface area contributed by atoms with Crippen LogP contribution in [0.5, 0.6) is 5.75 Å². The van der Waals surface area contributed by atoms with Crippen molar-refractivity contribution in [3.05, 3.63) is 90.0 Å². The highest BCUT2D eigenvalue weighted by Gasteiger charge is 2.52. The lowest BCUT2D eigenvalue weighted by Gasteiger charge is -2.50. The summed E-state index contributed by atoms with van der Waals surface area (Å²) in [5.41, 5.74) is 5.02. The van der Waals surface area contributed by atoms with Gasteiger partial charge in [0.2, 0.25) is 15.7 Å². The number of sulfonamides is 1. The maximum Gasteiger partial charge on any atom is 0.211 e. The molecule has 0 aliphatic carbocycles. The van der Waals surface area contributed by atoms with Crippen LogP contribution in [0.15, 0.2) is 84.0 Å². The summed E-state index contributed by atoms with van der Waals surface area (Å²) in [6.07, 6.45) is 3.22. The number of hydrazone groups is 1. The molecule has 6 rings (SSSR count). The van der Waals surface area contributed by atoms with Gasteiger partial charge in [0.05, 0.1) is 18.0 Å². The van der Waals surface area contributed by atoms with Crippen LogP contribution < -0.4 is 4.74 Å². The smallest absolute Gasteiger partial charge is 0.211 e. The topological polar surface area (TPSA) is 62.2 Å². The molecule has 3 aromatic rings. The largest absolute Gasteiger partial charge is 0.466 e. The minimum absolute atomic E-state index is 0.0820. The second-order valence-electron chi connectivity index (χ2n) is 9.30. The van der Waals surface area contributed by atoms with Gasteiger partial charge in [0.15, 0.2) is 0 Å². The summed E-state index contributed by atoms with van der Waals surface area (Å²) in [4.78, 5) is 0. The number of hydrogen-bond acceptors (Lipinski definition) is 5. The van der Waals surface area contributed by atoms with Gasteiger partial charge in [0.1, 0.15) is 5.75 Å². The molecule has 3 aromatic carbocycles. The van der Waals surface area contributed by atoms with Crippen molar-refractivity contribution >= 4 is 15.7 Å². The van der Waals surface area contributed by atoms with Gasteiger partial charge in [-0.25, -0.2) is 17.7 Å². The second kappa shape index (κ2) is 7.96. The molecule has 34 heavy (non-hydrogen) atoms. The summed E-state index contributed by atoms with van der Waals surface area (Å²) in [5.74, 6) is 0.882. The highest BCUT2D eigenvalue weighted by molar-refractivity contribution is 7.88. The van der Waals surface area contributed by atoms with E-state index in [1.807, 2.05) is 36.4 Å². The monoisotopic (exact) mass is 473 g/mol. The molecule has 1 saturated heterocycles. The lowest BCUT2D eigenvalue weighted by atomic mass is 9.91. The standard InChI is InChI=1S/C27H27N3O3S/c1-34(31,32)29-17-15-27(16-18-29)30-25(23-9-5-6-10-26(23)33-27)19-24(28-30)22-13-11-21(12-14-22)20-7-3-2-4-8-20/h2-14,25H,15-19H2,1H3/t25-/m0/s1. The van der Waals surface area contributed by atoms with Crippen LogP contribution in [-0.2, 0) is 10.0 Å². The molecule has 1 atom stereocenters. The lowest BCUT2D eigenvalue weighted by Crippen LogP contribution is -2.59. The third-order valence-corrected chi connectivity index (χ3v) is 8.51. The zero-order valence-electron chi connectivity index (χ0n) is 19.1. The van der Waals surface area contributed by atoms with Crippen molar-refractivity contribution in [2.75, 3.05) is 19.3 Å². The van der Waals surface area contributed by atoms with Gasteiger partial charge in [-0.05, 0) is 22.8 Å². The number of benzene rings is 3. The molecule has 0 unspecified atom stereocenters. The number of piperidine rings is 1. The van der Waals surface area contributed by atoms with Crippen molar-refractivity contribution in [3.63, 3.8) is 0 Å². The molecule has 1 fully saturated rings. The van der Waals surface area contributed by atoms with Crippen LogP contribution in [0.2, 0.25) is 0 Å². The predicted molar refractivity (Wildman–Crippen MR) is 133 cm³/mol. The number of para-hydroxylation sites is 1. The predicted octanol–water partition coefficient (Wildman–Crippen LogP) is 4.65. The summed E-state index contributed by atoms with van der Waals surface area (Å²) < 4.78 is 32.3. The fourth-order valence-electron chi connectivity index (χ4n) is 5.39. The van der Waals surface area contributed by atoms with Crippen LogP contribution in [-0.4, -0.2) is 48.5 Å². The zero-order chi connectivity index (χ0) is 23.3. The van der Waals surface area contributed by atoms with Crippen molar-refractivity contribution in [1.82, 2.24) is 9.31 Å². The summed E-state index contributed by atoms with van der Waals surface area (Å²) in [5, 5.41) is 7.22. The zero-order valence-corrected chi connectivity index (χ0v) is 19.9. The van der Waals surface area contributed by atoms with Gasteiger partial charge in [-0.2, -0.15) is 5.10 Å². The molecule has 0 N–H and O–H groups in total. The Morgan fingerprint density at radius 2 is 1.47 bits per heavy atom. The molecule has 3 aliphatic rings. The summed E-state index contributed by atoms with van der Waals surface area (Å²) in [6.45, 7) is 0.863. The molecule has 0 saturated carbocycles. The normalized spacial score (nSPS) is 21.5. The molecule has 0 bridgehead atoms. The Morgan fingerprint density at radius 1 is 0.853 bits per heavy atom. The van der Waals surface area contributed by atoms with Gasteiger partial charge in [-0.3, -0.25) is 0 Å². The van der Waals surface area contributed by atoms with E-state index < -0.39 is 15.7 Å². The van der Waals surface area contributed by atoms with Gasteiger partial charge in [-0.15, -0.1) is 0 Å². The maximum atomic E-state index is 12.1. The Hall–Kier alpha value is -3.16. The number of hydrogen-bond donors (Lipinski definition) is 0. The summed E-state index contributed by atoms with van der Waals surface area (Å²) in [6, 6.07) is 27.2. The van der Waals surface area contributed by atoms with Crippen molar-refractivity contribution in [2.45, 2.75) is 31.0 Å². The molecular formula is C27H27N3O3S. The van der Waals surface area contributed by atoms with Gasteiger partial charge in [-0.1, -0.05) is 72.8 Å². The molecule has 174 valence electrons. The Balaban J connectivity index is 1.34. The van der Waals surface area contributed by atoms with Crippen LogP contribution in [0, 0.1) is 0 Å². The van der Waals surface area contributed by atoms with Crippen LogP contribution in [0.1, 0.15) is 36.4 Å². The molecular weight excluding hydrogens is 446 g/mol. The van der Waals surface area contributed by atoms with E-state index in [1.165, 1.54) is 17.4 Å². The third kappa shape index (κ3) is 3.60. The number of fused-ring (bicyclic) bond motifs is 4. The molecule has 0 aromatic heterocycles. The van der Waals surface area contributed by atoms with E-state index in [4.69, 9.17) is 9.84 Å². The SMILES string of the molecule is CS(=O)(=O)N1CCC2(CC1)Oc1ccccc1[C@@H]1CC(c3ccc(-c4ccccc4)cc3)=NN12. The van der Waals surface area contributed by atoms with Crippen molar-refractivity contribution in [1.29, 1.82) is 0 Å². The highest BCUT2D eigenvalue weighted by atomic mass is 32.2. The Bertz CT molecular complexity index is 1350. The number of nitrogens with zero attached hydrogens (tertiary/aromatic N) is 3. The lowest BCUT2D eigenvalue weighted by molar-refractivity contribution is -0.143. The Morgan fingerprint density at radius 3 is 2.18 bits per heavy atom. The van der Waals surface area contributed by atoms with Crippen LogP contribution >= 0.6 is 0 Å². The van der Waals surface area contributed by atoms with E-state index >= 15 is 0 Å². The first-order chi connectivity index (χ1) is 16.4. The van der Waals surface area contributed by atoms with E-state index in [1.54, 1.807) is 4.31 Å². The van der Waals surface area contributed by atoms with E-state index in [9.17, 15) is 8.42 Å². The fraction of sp³-hybridized carbons (Fsp3) is 0.296. The second-order valence-corrected chi connectivity index (χ2v) is 11.3. The third-order valence-electron chi connectivity index (χ3n) is 7.20. The fourth-order valence-corrected chi connectivity index (χ4v) is 6.23. The number of rotatable bonds is 3. The molecule has 7 heteroatoms. The number of ether oxygens (including phenoxy) is 1. The van der Waals surface area contributed by atoms with Gasteiger partial charge in [0, 0.05) is 37.9 Å². The van der Waals surface area contributed by atoms with Gasteiger partial charge in [0.25, 0.3) is 0 Å². The minimum atomic E-state index is -3.22. The summed E-state index contributed by atoms with van der Waals surface area (Å²) >= 11 is 0. The van der Waals surface area contributed by atoms with Gasteiger partial charge < -0.3 is 4.74 Å². The molecule has 6 nitrogen and oxygen atoms in total. The summed E-state index contributed by atoms with van der Waals surface area (Å²) in [7, 11) is -3.22. The highest BCUT2D eigenvalue weighted by Crippen LogP contribution is 2.50. The van der Waals surface area contributed by atoms with Crippen LogP contribution in [0.25, 0.3) is 11.1 Å². The van der Waals surface area contributed by atoms with E-state index in [0.717, 1.165) is 29.0 Å². The van der Waals surface area contributed by atoms with Crippen molar-refractivity contribution < 1.29 is 13.2 Å². The first-order valence-electron chi connectivity index (χ1n) is 11.7. The molecule has 3 heterocycles. The van der Waals surface area contributed by atoms with Crippen molar-refractivity contribution in [3.8, 4) is 16.9 Å². The van der Waals surface area contributed by atoms with Gasteiger partial charge >= 0.3 is 0 Å². The van der Waals surface area contributed by atoms with Crippen molar-refractivity contribution in [2.24, 2.45) is 5.10 Å². The quantitative estimate of drug-likeness (QED) is 0.556. The van der Waals surface area contributed by atoms with Crippen LogP contribution in [0.3, 0.4) is 0 Å². The average Bonchev–Trinajstić information content (AvgIpc) is 3.32.